The first-order valence-electron chi connectivity index (χ1n) is 10.2. The maximum Gasteiger partial charge on any atom is 0.339 e. The second-order valence-corrected chi connectivity index (χ2v) is 7.40. The summed E-state index contributed by atoms with van der Waals surface area (Å²) in [6.45, 7) is 2.19. The first-order chi connectivity index (χ1) is 15.9. The summed E-state index contributed by atoms with van der Waals surface area (Å²) in [7, 11) is 0. The number of nitriles is 1. The zero-order valence-corrected chi connectivity index (χ0v) is 17.8. The van der Waals surface area contributed by atoms with Gasteiger partial charge in [-0.15, -0.1) is 0 Å². The summed E-state index contributed by atoms with van der Waals surface area (Å²) in [5, 5.41) is 32.7. The highest BCUT2D eigenvalue weighted by atomic mass is 16.5. The van der Waals surface area contributed by atoms with Gasteiger partial charge in [0.25, 0.3) is 0 Å². The van der Waals surface area contributed by atoms with Gasteiger partial charge >= 0.3 is 5.97 Å². The van der Waals surface area contributed by atoms with E-state index in [0.717, 1.165) is 22.5 Å². The van der Waals surface area contributed by atoms with Crippen LogP contribution in [0.25, 0.3) is 16.8 Å². The van der Waals surface area contributed by atoms with Crippen molar-refractivity contribution in [1.29, 1.82) is 5.26 Å². The van der Waals surface area contributed by atoms with Crippen molar-refractivity contribution in [2.75, 3.05) is 6.61 Å². The largest absolute Gasteiger partial charge is 0.507 e. The van der Waals surface area contributed by atoms with E-state index < -0.39 is 5.97 Å². The van der Waals surface area contributed by atoms with Crippen molar-refractivity contribution in [2.24, 2.45) is 0 Å². The summed E-state index contributed by atoms with van der Waals surface area (Å²) in [4.78, 5) is 15.4. The number of hydrogen-bond donors (Lipinski definition) is 2. The Balaban J connectivity index is 1.47. The van der Waals surface area contributed by atoms with Crippen molar-refractivity contribution in [1.82, 2.24) is 14.8 Å². The minimum absolute atomic E-state index is 0.142. The summed E-state index contributed by atoms with van der Waals surface area (Å²) in [5.74, 6) is -1.13. The van der Waals surface area contributed by atoms with E-state index in [4.69, 9.17) is 9.84 Å². The van der Waals surface area contributed by atoms with Gasteiger partial charge in [-0.25, -0.2) is 14.5 Å². The van der Waals surface area contributed by atoms with Crippen LogP contribution >= 0.6 is 0 Å². The number of carbonyl (C=O) groups is 1. The highest BCUT2D eigenvalue weighted by molar-refractivity contribution is 5.91. The number of aromatic hydroxyl groups is 1. The van der Waals surface area contributed by atoms with Crippen LogP contribution in [0.3, 0.4) is 0 Å². The number of rotatable bonds is 7. The van der Waals surface area contributed by atoms with Gasteiger partial charge in [-0.1, -0.05) is 18.2 Å². The number of carboxylic acids is 1. The monoisotopic (exact) mass is 440 g/mol. The molecule has 0 aliphatic rings. The molecule has 0 aliphatic carbocycles. The van der Waals surface area contributed by atoms with Crippen LogP contribution in [0.1, 0.15) is 27.2 Å². The van der Waals surface area contributed by atoms with Crippen LogP contribution in [0.5, 0.6) is 11.6 Å². The van der Waals surface area contributed by atoms with Gasteiger partial charge in [-0.3, -0.25) is 0 Å². The summed E-state index contributed by atoms with van der Waals surface area (Å²) in [6, 6.07) is 17.6. The molecule has 0 saturated heterocycles. The minimum Gasteiger partial charge on any atom is -0.507 e. The topological polar surface area (TPSA) is 121 Å². The lowest BCUT2D eigenvalue weighted by molar-refractivity contribution is 0.0693. The number of hydrogen-bond acceptors (Lipinski definition) is 6. The molecule has 2 aromatic heterocycles. The smallest absolute Gasteiger partial charge is 0.339 e. The molecule has 2 heterocycles. The molecule has 8 nitrogen and oxygen atoms in total. The lowest BCUT2D eigenvalue weighted by atomic mass is 10.0. The van der Waals surface area contributed by atoms with Crippen LogP contribution in [0, 0.1) is 18.3 Å². The lowest BCUT2D eigenvalue weighted by Gasteiger charge is -2.08. The van der Waals surface area contributed by atoms with E-state index >= 15 is 0 Å². The zero-order chi connectivity index (χ0) is 23.4. The Bertz CT molecular complexity index is 1370. The quantitative estimate of drug-likeness (QED) is 0.443. The number of ether oxygens (including phenoxy) is 1. The van der Waals surface area contributed by atoms with E-state index in [9.17, 15) is 15.2 Å². The Labute approximate surface area is 190 Å². The highest BCUT2D eigenvalue weighted by Gasteiger charge is 2.11. The zero-order valence-electron chi connectivity index (χ0n) is 17.8. The summed E-state index contributed by atoms with van der Waals surface area (Å²) >= 11 is 0. The fourth-order valence-corrected chi connectivity index (χ4v) is 3.34. The fraction of sp³-hybridized carbons (Fsp3) is 0.120. The molecule has 0 saturated carbocycles. The first kappa shape index (κ1) is 21.6. The molecule has 0 atom stereocenters. The molecule has 2 aromatic carbocycles. The molecule has 0 radical (unpaired) electrons. The Morgan fingerprint density at radius 3 is 2.73 bits per heavy atom. The van der Waals surface area contributed by atoms with Gasteiger partial charge < -0.3 is 14.9 Å². The van der Waals surface area contributed by atoms with Crippen LogP contribution < -0.4 is 4.74 Å². The summed E-state index contributed by atoms with van der Waals surface area (Å²) < 4.78 is 7.44. The van der Waals surface area contributed by atoms with E-state index in [1.807, 2.05) is 37.4 Å². The Kier molecular flexibility index (Phi) is 6.04. The number of carboxylic acid groups (broad SMARTS) is 1. The molecule has 0 spiro atoms. The predicted molar refractivity (Wildman–Crippen MR) is 121 cm³/mol. The molecular formula is C25H20N4O4. The van der Waals surface area contributed by atoms with Crippen molar-refractivity contribution < 1.29 is 19.7 Å². The van der Waals surface area contributed by atoms with Crippen LogP contribution in [0.15, 0.2) is 67.0 Å². The fourth-order valence-electron chi connectivity index (χ4n) is 3.34. The van der Waals surface area contributed by atoms with Crippen molar-refractivity contribution in [3.05, 3.63) is 89.4 Å². The van der Waals surface area contributed by atoms with Crippen molar-refractivity contribution in [2.45, 2.75) is 13.3 Å². The second kappa shape index (κ2) is 9.24. The van der Waals surface area contributed by atoms with E-state index in [1.54, 1.807) is 29.1 Å². The number of phenols is 1. The van der Waals surface area contributed by atoms with Crippen LogP contribution in [-0.2, 0) is 6.42 Å². The van der Waals surface area contributed by atoms with Crippen molar-refractivity contribution in [3.63, 3.8) is 0 Å². The van der Waals surface area contributed by atoms with Crippen molar-refractivity contribution >= 4 is 5.97 Å². The molecule has 0 aliphatic heterocycles. The Hall–Kier alpha value is -4.64. The number of nitrogens with zero attached hydrogens (tertiary/aromatic N) is 4. The SMILES string of the molecule is Cc1ccc(C#N)c(OCCc2cnn(-c3cccc(-c4ccc(C(=O)O)c(O)c4)c3)c2)n1. The van der Waals surface area contributed by atoms with E-state index in [-0.39, 0.29) is 11.3 Å². The van der Waals surface area contributed by atoms with Crippen LogP contribution in [0.2, 0.25) is 0 Å². The predicted octanol–water partition coefficient (Wildman–Crippen LogP) is 4.14. The van der Waals surface area contributed by atoms with Gasteiger partial charge in [0.15, 0.2) is 0 Å². The third kappa shape index (κ3) is 4.83. The molecule has 4 aromatic rings. The number of aromatic nitrogens is 3. The number of benzene rings is 2. The van der Waals surface area contributed by atoms with E-state index in [0.29, 0.717) is 30.0 Å². The van der Waals surface area contributed by atoms with Crippen LogP contribution in [0.4, 0.5) is 0 Å². The standard InChI is InChI=1S/C25H20N4O4/c1-16-5-6-20(13-26)24(28-16)33-10-9-17-14-27-29(15-17)21-4-2-3-18(11-21)19-7-8-22(25(31)32)23(30)12-19/h2-8,11-12,14-15,30H,9-10H2,1H3,(H,31,32). The average molecular weight is 440 g/mol. The molecule has 2 N–H and O–H groups in total. The Morgan fingerprint density at radius 2 is 1.97 bits per heavy atom. The second-order valence-electron chi connectivity index (χ2n) is 7.40. The number of aryl methyl sites for hydroxylation is 1. The van der Waals surface area contributed by atoms with Crippen molar-refractivity contribution in [3.8, 4) is 34.5 Å². The summed E-state index contributed by atoms with van der Waals surface area (Å²) in [6.07, 6.45) is 4.23. The highest BCUT2D eigenvalue weighted by Crippen LogP contribution is 2.28. The van der Waals surface area contributed by atoms with Gasteiger partial charge in [-0.05, 0) is 60.0 Å². The third-order valence-corrected chi connectivity index (χ3v) is 5.06. The molecule has 33 heavy (non-hydrogen) atoms. The molecule has 0 bridgehead atoms. The molecule has 164 valence electrons. The maximum absolute atomic E-state index is 11.1. The third-order valence-electron chi connectivity index (χ3n) is 5.06. The molecule has 0 amide bonds. The number of pyridine rings is 1. The van der Waals surface area contributed by atoms with Gasteiger partial charge in [0.1, 0.15) is 22.9 Å². The Morgan fingerprint density at radius 1 is 1.15 bits per heavy atom. The van der Waals surface area contributed by atoms with Crippen LogP contribution in [-0.4, -0.2) is 37.6 Å². The minimum atomic E-state index is -1.18. The lowest BCUT2D eigenvalue weighted by Crippen LogP contribution is -2.04. The maximum atomic E-state index is 11.1. The van der Waals surface area contributed by atoms with E-state index in [2.05, 4.69) is 16.2 Å². The van der Waals surface area contributed by atoms with Gasteiger partial charge in [-0.2, -0.15) is 10.4 Å². The number of aromatic carboxylic acids is 1. The van der Waals surface area contributed by atoms with E-state index in [1.165, 1.54) is 12.1 Å². The molecule has 8 heteroatoms. The molecule has 0 fully saturated rings. The van der Waals surface area contributed by atoms with Gasteiger partial charge in [0, 0.05) is 18.3 Å². The molecule has 0 unspecified atom stereocenters. The normalized spacial score (nSPS) is 10.5. The van der Waals surface area contributed by atoms with Gasteiger partial charge in [0.05, 0.1) is 18.5 Å². The van der Waals surface area contributed by atoms with Gasteiger partial charge in [0.2, 0.25) is 5.88 Å². The summed E-state index contributed by atoms with van der Waals surface area (Å²) in [5.41, 5.74) is 4.31. The first-order valence-corrected chi connectivity index (χ1v) is 10.2. The average Bonchev–Trinajstić information content (AvgIpc) is 3.28. The molecule has 4 rings (SSSR count). The molecular weight excluding hydrogens is 420 g/mol.